The summed E-state index contributed by atoms with van der Waals surface area (Å²) in [5, 5.41) is 17.6. The first kappa shape index (κ1) is 33.4. The summed E-state index contributed by atoms with van der Waals surface area (Å²) in [6, 6.07) is 29.5. The Bertz CT molecular complexity index is 1820. The van der Waals surface area contributed by atoms with Crippen LogP contribution in [0.2, 0.25) is 0 Å². The van der Waals surface area contributed by atoms with E-state index < -0.39 is 0 Å². The molecule has 0 saturated carbocycles. The molecular weight excluding hydrogens is 596 g/mol. The zero-order valence-corrected chi connectivity index (χ0v) is 28.7. The predicted octanol–water partition coefficient (Wildman–Crippen LogP) is 6.15. The smallest absolute Gasteiger partial charge is 0.227 e. The van der Waals surface area contributed by atoms with Crippen LogP contribution in [0.15, 0.2) is 84.9 Å². The van der Waals surface area contributed by atoms with E-state index in [-0.39, 0.29) is 18.4 Å². The van der Waals surface area contributed by atoms with Crippen LogP contribution >= 0.6 is 0 Å². The van der Waals surface area contributed by atoms with E-state index in [4.69, 9.17) is 10.1 Å². The molecule has 0 radical (unpaired) electrons. The SMILES string of the molecule is Cc1nn2c(N3CCN(CCO)CC3)cc(-c3cccc(CCNC(=O)[C@H](C)c4ccc(CC(C)C)cc4)c3)nc2c1-c1ccccc1. The predicted molar refractivity (Wildman–Crippen MR) is 194 cm³/mol. The molecular formula is C40H48N6O2. The van der Waals surface area contributed by atoms with Gasteiger partial charge in [-0.25, -0.2) is 4.98 Å². The number of nitrogens with one attached hydrogen (secondary N) is 1. The van der Waals surface area contributed by atoms with Crippen molar-refractivity contribution in [3.63, 3.8) is 0 Å². The standard InChI is InChI=1S/C40H48N6O2/c1-28(2)25-32-13-15-33(16-14-32)29(3)40(48)41-18-17-31-9-8-12-35(26-31)36-27-37(45-21-19-44(20-22-45)23-24-47)46-39(42-36)38(30(4)43-46)34-10-6-5-7-11-34/h5-16,26-29,47H,17-25H2,1-4H3,(H,41,48)/t29-/m1/s1. The number of nitrogens with zero attached hydrogens (tertiary/aromatic N) is 5. The van der Waals surface area contributed by atoms with E-state index in [0.29, 0.717) is 19.0 Å². The maximum absolute atomic E-state index is 13.1. The van der Waals surface area contributed by atoms with E-state index in [9.17, 15) is 9.90 Å². The summed E-state index contributed by atoms with van der Waals surface area (Å²) in [5.74, 6) is 1.47. The van der Waals surface area contributed by atoms with E-state index in [0.717, 1.165) is 89.7 Å². The van der Waals surface area contributed by atoms with Gasteiger partial charge < -0.3 is 15.3 Å². The average molecular weight is 645 g/mol. The van der Waals surface area contributed by atoms with Gasteiger partial charge in [0.2, 0.25) is 5.91 Å². The van der Waals surface area contributed by atoms with Crippen LogP contribution in [0, 0.1) is 12.8 Å². The number of aliphatic hydroxyl groups excluding tert-OH is 1. The normalized spacial score (nSPS) is 14.5. The summed E-state index contributed by atoms with van der Waals surface area (Å²) in [7, 11) is 0. The van der Waals surface area contributed by atoms with Crippen molar-refractivity contribution >= 4 is 17.4 Å². The van der Waals surface area contributed by atoms with Gasteiger partial charge in [-0.3, -0.25) is 9.69 Å². The van der Waals surface area contributed by atoms with Gasteiger partial charge in [0.1, 0.15) is 5.82 Å². The minimum Gasteiger partial charge on any atom is -0.395 e. The number of amides is 1. The zero-order chi connectivity index (χ0) is 33.6. The van der Waals surface area contributed by atoms with Gasteiger partial charge in [-0.1, -0.05) is 86.6 Å². The number of β-amino-alcohol motifs (C(OH)–C–C–N with tert-alkyl or cyclic N) is 1. The lowest BCUT2D eigenvalue weighted by atomic mass is 9.96. The van der Waals surface area contributed by atoms with Crippen LogP contribution in [-0.4, -0.2) is 76.4 Å². The number of carbonyl (C=O) groups excluding carboxylic acids is 1. The number of rotatable bonds is 12. The number of fused-ring (bicyclic) bond motifs is 1. The monoisotopic (exact) mass is 644 g/mol. The number of hydrogen-bond donors (Lipinski definition) is 2. The highest BCUT2D eigenvalue weighted by atomic mass is 16.3. The number of piperazine rings is 1. The summed E-state index contributed by atoms with van der Waals surface area (Å²) in [4.78, 5) is 23.0. The Balaban J connectivity index is 1.22. The van der Waals surface area contributed by atoms with Crippen molar-refractivity contribution in [3.8, 4) is 22.4 Å². The highest BCUT2D eigenvalue weighted by molar-refractivity contribution is 5.84. The van der Waals surface area contributed by atoms with E-state index >= 15 is 0 Å². The van der Waals surface area contributed by atoms with Crippen LogP contribution in [0.3, 0.4) is 0 Å². The molecule has 1 saturated heterocycles. The number of carbonyl (C=O) groups is 1. The topological polar surface area (TPSA) is 86.0 Å². The number of hydrogen-bond acceptors (Lipinski definition) is 6. The Kier molecular flexibility index (Phi) is 10.5. The van der Waals surface area contributed by atoms with Gasteiger partial charge in [-0.2, -0.15) is 9.61 Å². The van der Waals surface area contributed by atoms with Crippen LogP contribution in [-0.2, 0) is 17.6 Å². The van der Waals surface area contributed by atoms with Crippen molar-refractivity contribution in [3.05, 3.63) is 107 Å². The summed E-state index contributed by atoms with van der Waals surface area (Å²) in [5.41, 5.74) is 9.35. The first-order valence-corrected chi connectivity index (χ1v) is 17.3. The van der Waals surface area contributed by atoms with Gasteiger partial charge in [-0.05, 0) is 60.9 Å². The highest BCUT2D eigenvalue weighted by Gasteiger charge is 2.24. The third-order valence-corrected chi connectivity index (χ3v) is 9.37. The molecule has 250 valence electrons. The van der Waals surface area contributed by atoms with Gasteiger partial charge in [-0.15, -0.1) is 0 Å². The molecule has 3 aromatic carbocycles. The Morgan fingerprint density at radius 3 is 2.31 bits per heavy atom. The third kappa shape index (κ3) is 7.61. The van der Waals surface area contributed by atoms with Gasteiger partial charge in [0.25, 0.3) is 0 Å². The lowest BCUT2D eigenvalue weighted by molar-refractivity contribution is -0.122. The van der Waals surface area contributed by atoms with Crippen molar-refractivity contribution in [2.45, 2.75) is 46.5 Å². The molecule has 0 spiro atoms. The van der Waals surface area contributed by atoms with Crippen LogP contribution in [0.5, 0.6) is 0 Å². The lowest BCUT2D eigenvalue weighted by Crippen LogP contribution is -2.47. The molecule has 0 bridgehead atoms. The molecule has 48 heavy (non-hydrogen) atoms. The van der Waals surface area contributed by atoms with Crippen molar-refractivity contribution < 1.29 is 9.90 Å². The highest BCUT2D eigenvalue weighted by Crippen LogP contribution is 2.33. The first-order chi connectivity index (χ1) is 23.3. The van der Waals surface area contributed by atoms with E-state index in [1.165, 1.54) is 5.56 Å². The molecule has 1 fully saturated rings. The second-order valence-corrected chi connectivity index (χ2v) is 13.4. The number of aryl methyl sites for hydroxylation is 1. The average Bonchev–Trinajstić information content (AvgIpc) is 3.44. The molecule has 1 aliphatic heterocycles. The van der Waals surface area contributed by atoms with Crippen molar-refractivity contribution in [1.82, 2.24) is 24.8 Å². The van der Waals surface area contributed by atoms with Crippen LogP contribution in [0.1, 0.15) is 49.1 Å². The quantitative estimate of drug-likeness (QED) is 0.170. The Morgan fingerprint density at radius 1 is 0.875 bits per heavy atom. The molecule has 2 aromatic heterocycles. The molecule has 3 heterocycles. The van der Waals surface area contributed by atoms with E-state index in [2.05, 4.69) is 115 Å². The molecule has 2 N–H and O–H groups in total. The minimum absolute atomic E-state index is 0.0446. The number of aromatic nitrogens is 3. The van der Waals surface area contributed by atoms with Gasteiger partial charge in [0.05, 0.1) is 23.9 Å². The fourth-order valence-corrected chi connectivity index (χ4v) is 6.70. The van der Waals surface area contributed by atoms with Gasteiger partial charge in [0, 0.05) is 56.5 Å². The minimum atomic E-state index is -0.206. The molecule has 6 rings (SSSR count). The Hall–Kier alpha value is -4.53. The second kappa shape index (κ2) is 15.1. The Morgan fingerprint density at radius 2 is 1.60 bits per heavy atom. The maximum atomic E-state index is 13.1. The lowest BCUT2D eigenvalue weighted by Gasteiger charge is -2.35. The molecule has 5 aromatic rings. The van der Waals surface area contributed by atoms with E-state index in [1.807, 2.05) is 17.5 Å². The fourth-order valence-electron chi connectivity index (χ4n) is 6.70. The van der Waals surface area contributed by atoms with Crippen LogP contribution in [0.4, 0.5) is 5.82 Å². The second-order valence-electron chi connectivity index (χ2n) is 13.4. The van der Waals surface area contributed by atoms with Crippen molar-refractivity contribution in [2.24, 2.45) is 5.92 Å². The Labute approximate surface area is 284 Å². The zero-order valence-electron chi connectivity index (χ0n) is 28.7. The first-order valence-electron chi connectivity index (χ1n) is 17.3. The number of anilines is 1. The van der Waals surface area contributed by atoms with Crippen molar-refractivity contribution in [2.75, 3.05) is 50.8 Å². The summed E-state index contributed by atoms with van der Waals surface area (Å²) in [6.07, 6.45) is 1.77. The molecule has 0 aliphatic carbocycles. The molecule has 0 unspecified atom stereocenters. The third-order valence-electron chi connectivity index (χ3n) is 9.37. The molecule has 1 aliphatic rings. The number of benzene rings is 3. The summed E-state index contributed by atoms with van der Waals surface area (Å²) < 4.78 is 2.00. The van der Waals surface area contributed by atoms with E-state index in [1.54, 1.807) is 0 Å². The van der Waals surface area contributed by atoms with Gasteiger partial charge in [0.15, 0.2) is 5.65 Å². The van der Waals surface area contributed by atoms with Crippen molar-refractivity contribution in [1.29, 1.82) is 0 Å². The van der Waals surface area contributed by atoms with Crippen LogP contribution < -0.4 is 10.2 Å². The molecule has 1 amide bonds. The molecule has 1 atom stereocenters. The fraction of sp³-hybridized carbons (Fsp3) is 0.375. The summed E-state index contributed by atoms with van der Waals surface area (Å²) >= 11 is 0. The largest absolute Gasteiger partial charge is 0.395 e. The molecule has 8 nitrogen and oxygen atoms in total. The molecule has 8 heteroatoms. The van der Waals surface area contributed by atoms with Crippen LogP contribution in [0.25, 0.3) is 28.0 Å². The maximum Gasteiger partial charge on any atom is 0.227 e. The van der Waals surface area contributed by atoms with Gasteiger partial charge >= 0.3 is 0 Å². The number of aliphatic hydroxyl groups is 1. The summed E-state index contributed by atoms with van der Waals surface area (Å²) in [6.45, 7) is 13.4.